The molecule has 0 heterocycles. The fourth-order valence-electron chi connectivity index (χ4n) is 2.58. The van der Waals surface area contributed by atoms with E-state index in [-0.39, 0.29) is 0 Å². The first kappa shape index (κ1) is 15.7. The molecule has 0 aromatic heterocycles. The number of hydrogen-bond acceptors (Lipinski definition) is 0. The Morgan fingerprint density at radius 2 is 1.44 bits per heavy atom. The molecule has 0 spiro atoms. The highest BCUT2D eigenvalue weighted by Gasteiger charge is 2.16. The van der Waals surface area contributed by atoms with Crippen LogP contribution in [0.3, 0.4) is 0 Å². The third-order valence-corrected chi connectivity index (χ3v) is 3.47. The van der Waals surface area contributed by atoms with Gasteiger partial charge in [-0.3, -0.25) is 0 Å². The number of allylic oxidation sites excluding steroid dienone is 2. The summed E-state index contributed by atoms with van der Waals surface area (Å²) in [5.74, 6) is 2.57. The van der Waals surface area contributed by atoms with E-state index in [4.69, 9.17) is 0 Å². The molecule has 0 aromatic carbocycles. The molecule has 96 valence electrons. The van der Waals surface area contributed by atoms with E-state index in [1.165, 1.54) is 38.5 Å². The maximum atomic E-state index is 2.41. The summed E-state index contributed by atoms with van der Waals surface area (Å²) >= 11 is 0. The molecule has 0 N–H and O–H groups in total. The van der Waals surface area contributed by atoms with E-state index >= 15 is 0 Å². The summed E-state index contributed by atoms with van der Waals surface area (Å²) in [5, 5.41) is 0. The first-order chi connectivity index (χ1) is 7.65. The van der Waals surface area contributed by atoms with E-state index in [1.807, 2.05) is 0 Å². The monoisotopic (exact) mass is 224 g/mol. The van der Waals surface area contributed by atoms with Crippen LogP contribution in [0.5, 0.6) is 0 Å². The zero-order chi connectivity index (χ0) is 12.4. The average molecular weight is 224 g/mol. The molecule has 1 atom stereocenters. The Morgan fingerprint density at radius 1 is 0.875 bits per heavy atom. The van der Waals surface area contributed by atoms with E-state index < -0.39 is 0 Å². The highest BCUT2D eigenvalue weighted by atomic mass is 14.2. The lowest BCUT2D eigenvalue weighted by atomic mass is 9.81. The molecule has 0 fully saturated rings. The van der Waals surface area contributed by atoms with Gasteiger partial charge in [0.05, 0.1) is 0 Å². The Bertz CT molecular complexity index is 161. The summed E-state index contributed by atoms with van der Waals surface area (Å²) in [7, 11) is 0. The molecule has 0 nitrogen and oxygen atoms in total. The van der Waals surface area contributed by atoms with Crippen molar-refractivity contribution in [3.05, 3.63) is 12.2 Å². The largest absolute Gasteiger partial charge is 0.0880 e. The molecule has 0 aliphatic rings. The normalized spacial score (nSPS) is 14.2. The Balaban J connectivity index is 4.18. The maximum Gasteiger partial charge on any atom is -0.0290 e. The first-order valence-electron chi connectivity index (χ1n) is 7.32. The summed E-state index contributed by atoms with van der Waals surface area (Å²) < 4.78 is 0. The fourth-order valence-corrected chi connectivity index (χ4v) is 2.58. The van der Waals surface area contributed by atoms with Crippen LogP contribution in [0.1, 0.15) is 73.1 Å². The van der Waals surface area contributed by atoms with Crippen molar-refractivity contribution in [2.24, 2.45) is 17.8 Å². The zero-order valence-corrected chi connectivity index (χ0v) is 12.1. The Morgan fingerprint density at radius 3 is 1.81 bits per heavy atom. The predicted octanol–water partition coefficient (Wildman–Crippen LogP) is 5.83. The minimum absolute atomic E-state index is 0.702. The van der Waals surface area contributed by atoms with Crippen molar-refractivity contribution in [1.29, 1.82) is 0 Å². The molecule has 0 aliphatic heterocycles. The standard InChI is InChI=1S/C16H32/c1-6-10-16(11-7-2)15(8-3)13-9-12-14(4)5/h9,12,14-16H,6-8,10-11,13H2,1-5H3/b12-9-. The molecule has 0 saturated carbocycles. The lowest BCUT2D eigenvalue weighted by Gasteiger charge is -2.24. The first-order valence-corrected chi connectivity index (χ1v) is 7.32. The molecule has 0 aliphatic carbocycles. The van der Waals surface area contributed by atoms with Crippen molar-refractivity contribution in [3.63, 3.8) is 0 Å². The van der Waals surface area contributed by atoms with Crippen molar-refractivity contribution < 1.29 is 0 Å². The summed E-state index contributed by atoms with van der Waals surface area (Å²) in [6.07, 6.45) is 12.9. The molecule has 0 rings (SSSR count). The van der Waals surface area contributed by atoms with Crippen LogP contribution in [0, 0.1) is 17.8 Å². The van der Waals surface area contributed by atoms with Crippen LogP contribution in [-0.4, -0.2) is 0 Å². The van der Waals surface area contributed by atoms with E-state index in [1.54, 1.807) is 0 Å². The molecular weight excluding hydrogens is 192 g/mol. The van der Waals surface area contributed by atoms with E-state index in [2.05, 4.69) is 46.8 Å². The SMILES string of the molecule is CCCC(CCC)C(CC)C/C=C\C(C)C. The topological polar surface area (TPSA) is 0 Å². The van der Waals surface area contributed by atoms with Crippen molar-refractivity contribution in [2.45, 2.75) is 73.1 Å². The summed E-state index contributed by atoms with van der Waals surface area (Å²) in [4.78, 5) is 0. The summed E-state index contributed by atoms with van der Waals surface area (Å²) in [5.41, 5.74) is 0. The maximum absolute atomic E-state index is 2.41. The third kappa shape index (κ3) is 7.09. The lowest BCUT2D eigenvalue weighted by molar-refractivity contribution is 0.283. The minimum atomic E-state index is 0.702. The highest BCUT2D eigenvalue weighted by molar-refractivity contribution is 4.87. The van der Waals surface area contributed by atoms with Crippen LogP contribution in [0.25, 0.3) is 0 Å². The third-order valence-electron chi connectivity index (χ3n) is 3.47. The van der Waals surface area contributed by atoms with Gasteiger partial charge in [0.2, 0.25) is 0 Å². The van der Waals surface area contributed by atoms with Gasteiger partial charge in [-0.25, -0.2) is 0 Å². The van der Waals surface area contributed by atoms with Gasteiger partial charge in [-0.1, -0.05) is 78.9 Å². The molecule has 0 heteroatoms. The summed E-state index contributed by atoms with van der Waals surface area (Å²) in [6.45, 7) is 11.5. The molecule has 0 radical (unpaired) electrons. The number of hydrogen-bond donors (Lipinski definition) is 0. The summed E-state index contributed by atoms with van der Waals surface area (Å²) in [6, 6.07) is 0. The molecule has 1 unspecified atom stereocenters. The van der Waals surface area contributed by atoms with Gasteiger partial charge in [-0.05, 0) is 24.2 Å². The van der Waals surface area contributed by atoms with Gasteiger partial charge in [0, 0.05) is 0 Å². The van der Waals surface area contributed by atoms with Gasteiger partial charge in [-0.2, -0.15) is 0 Å². The van der Waals surface area contributed by atoms with Gasteiger partial charge in [-0.15, -0.1) is 0 Å². The van der Waals surface area contributed by atoms with Crippen molar-refractivity contribution in [2.75, 3.05) is 0 Å². The van der Waals surface area contributed by atoms with Gasteiger partial charge in [0.15, 0.2) is 0 Å². The highest BCUT2D eigenvalue weighted by Crippen LogP contribution is 2.28. The van der Waals surface area contributed by atoms with Gasteiger partial charge in [0.1, 0.15) is 0 Å². The van der Waals surface area contributed by atoms with Crippen LogP contribution in [0.15, 0.2) is 12.2 Å². The van der Waals surface area contributed by atoms with Crippen molar-refractivity contribution >= 4 is 0 Å². The second-order valence-corrected chi connectivity index (χ2v) is 5.41. The lowest BCUT2D eigenvalue weighted by Crippen LogP contribution is -2.13. The van der Waals surface area contributed by atoms with Crippen molar-refractivity contribution in [1.82, 2.24) is 0 Å². The van der Waals surface area contributed by atoms with E-state index in [0.29, 0.717) is 5.92 Å². The molecule has 0 aromatic rings. The predicted molar refractivity (Wildman–Crippen MR) is 75.7 cm³/mol. The Labute approximate surface area is 104 Å². The quantitative estimate of drug-likeness (QED) is 0.432. The van der Waals surface area contributed by atoms with E-state index in [9.17, 15) is 0 Å². The van der Waals surface area contributed by atoms with Gasteiger partial charge < -0.3 is 0 Å². The second kappa shape index (κ2) is 9.93. The fraction of sp³-hybridized carbons (Fsp3) is 0.875. The van der Waals surface area contributed by atoms with Gasteiger partial charge >= 0.3 is 0 Å². The van der Waals surface area contributed by atoms with Crippen molar-refractivity contribution in [3.8, 4) is 0 Å². The van der Waals surface area contributed by atoms with Crippen LogP contribution in [0.2, 0.25) is 0 Å². The van der Waals surface area contributed by atoms with Gasteiger partial charge in [0.25, 0.3) is 0 Å². The average Bonchev–Trinajstić information content (AvgIpc) is 2.24. The second-order valence-electron chi connectivity index (χ2n) is 5.41. The van der Waals surface area contributed by atoms with Crippen LogP contribution in [-0.2, 0) is 0 Å². The zero-order valence-electron chi connectivity index (χ0n) is 12.1. The molecule has 0 bridgehead atoms. The molecular formula is C16H32. The molecule has 0 saturated heterocycles. The van der Waals surface area contributed by atoms with Crippen LogP contribution < -0.4 is 0 Å². The van der Waals surface area contributed by atoms with Crippen LogP contribution in [0.4, 0.5) is 0 Å². The van der Waals surface area contributed by atoms with E-state index in [0.717, 1.165) is 11.8 Å². The number of rotatable bonds is 9. The van der Waals surface area contributed by atoms with Crippen LogP contribution >= 0.6 is 0 Å². The smallest absolute Gasteiger partial charge is 0.0290 e. The minimum Gasteiger partial charge on any atom is -0.0880 e. The Hall–Kier alpha value is -0.260. The molecule has 0 amide bonds. The molecule has 16 heavy (non-hydrogen) atoms. The Kier molecular flexibility index (Phi) is 9.77.